The average molecular weight is 358 g/mol. The zero-order valence-electron chi connectivity index (χ0n) is 13.0. The van der Waals surface area contributed by atoms with E-state index >= 15 is 0 Å². The van der Waals surface area contributed by atoms with Gasteiger partial charge in [-0.1, -0.05) is 23.7 Å². The van der Waals surface area contributed by atoms with Crippen LogP contribution < -0.4 is 4.72 Å². The third-order valence-electron chi connectivity index (χ3n) is 3.39. The van der Waals surface area contributed by atoms with E-state index in [1.54, 1.807) is 28.8 Å². The summed E-state index contributed by atoms with van der Waals surface area (Å²) in [5.74, 6) is 0. The minimum absolute atomic E-state index is 0.0246. The fraction of sp³-hybridized carbons (Fsp3) is 0.400. The molecule has 2 N–H and O–H groups in total. The summed E-state index contributed by atoms with van der Waals surface area (Å²) in [7, 11) is -3.68. The number of sulfonamides is 1. The van der Waals surface area contributed by atoms with Gasteiger partial charge in [-0.25, -0.2) is 18.1 Å². The van der Waals surface area contributed by atoms with Crippen molar-refractivity contribution in [3.63, 3.8) is 0 Å². The molecule has 126 valence electrons. The van der Waals surface area contributed by atoms with Crippen LogP contribution in [0.15, 0.2) is 41.8 Å². The number of rotatable bonds is 7. The van der Waals surface area contributed by atoms with Gasteiger partial charge in [0.1, 0.15) is 0 Å². The molecule has 1 aromatic heterocycles. The maximum Gasteiger partial charge on any atom is 0.259 e. The van der Waals surface area contributed by atoms with Gasteiger partial charge in [0.25, 0.3) is 10.0 Å². The summed E-state index contributed by atoms with van der Waals surface area (Å²) in [6, 6.07) is 6.99. The fourth-order valence-corrected chi connectivity index (χ4v) is 3.20. The molecule has 0 amide bonds. The number of benzene rings is 1. The first-order valence-corrected chi connectivity index (χ1v) is 9.12. The van der Waals surface area contributed by atoms with Gasteiger partial charge in [-0.2, -0.15) is 0 Å². The smallest absolute Gasteiger partial charge is 0.259 e. The van der Waals surface area contributed by atoms with E-state index in [1.807, 2.05) is 13.8 Å². The number of halogens is 1. The van der Waals surface area contributed by atoms with Crippen LogP contribution in [0.4, 0.5) is 0 Å². The van der Waals surface area contributed by atoms with Gasteiger partial charge in [0, 0.05) is 23.8 Å². The highest BCUT2D eigenvalue weighted by molar-refractivity contribution is 7.89. The first kappa shape index (κ1) is 17.9. The lowest BCUT2D eigenvalue weighted by atomic mass is 10.1. The lowest BCUT2D eigenvalue weighted by Gasteiger charge is -2.11. The first-order valence-electron chi connectivity index (χ1n) is 7.26. The van der Waals surface area contributed by atoms with Crippen molar-refractivity contribution in [3.8, 4) is 0 Å². The van der Waals surface area contributed by atoms with Gasteiger partial charge >= 0.3 is 0 Å². The number of hydrogen-bond acceptors (Lipinski definition) is 4. The van der Waals surface area contributed by atoms with Crippen molar-refractivity contribution in [2.75, 3.05) is 6.54 Å². The quantitative estimate of drug-likeness (QED) is 0.797. The summed E-state index contributed by atoms with van der Waals surface area (Å²) >= 11 is 5.87. The number of aliphatic hydroxyl groups excluding tert-OH is 1. The van der Waals surface area contributed by atoms with E-state index in [2.05, 4.69) is 9.71 Å². The van der Waals surface area contributed by atoms with E-state index in [1.165, 1.54) is 12.5 Å². The summed E-state index contributed by atoms with van der Waals surface area (Å²) in [6.07, 6.45) is 2.43. The number of aromatic nitrogens is 2. The maximum absolute atomic E-state index is 12.2. The Hall–Kier alpha value is -1.41. The van der Waals surface area contributed by atoms with Crippen LogP contribution in [0.2, 0.25) is 5.02 Å². The molecule has 0 fully saturated rings. The molecular formula is C15H20ClN3O3S. The van der Waals surface area contributed by atoms with Gasteiger partial charge in [0.05, 0.1) is 12.4 Å². The highest BCUT2D eigenvalue weighted by Crippen LogP contribution is 2.20. The normalized spacial score (nSPS) is 13.4. The van der Waals surface area contributed by atoms with Gasteiger partial charge in [-0.3, -0.25) is 0 Å². The zero-order chi connectivity index (χ0) is 17.0. The number of hydrogen-bond donors (Lipinski definition) is 2. The maximum atomic E-state index is 12.2. The second-order valence-electron chi connectivity index (χ2n) is 5.51. The summed E-state index contributed by atoms with van der Waals surface area (Å²) < 4.78 is 28.5. The lowest BCUT2D eigenvalue weighted by molar-refractivity contribution is 0.169. The fourth-order valence-electron chi connectivity index (χ4n) is 2.02. The molecule has 2 aromatic rings. The van der Waals surface area contributed by atoms with Gasteiger partial charge in [0.2, 0.25) is 0 Å². The number of nitrogens with one attached hydrogen (secondary N) is 1. The van der Waals surface area contributed by atoms with E-state index in [-0.39, 0.29) is 24.0 Å². The van der Waals surface area contributed by atoms with E-state index in [9.17, 15) is 13.5 Å². The molecule has 6 nitrogen and oxygen atoms in total. The molecule has 8 heteroatoms. The van der Waals surface area contributed by atoms with Gasteiger partial charge in [-0.15, -0.1) is 0 Å². The Balaban J connectivity index is 1.94. The molecule has 0 bridgehead atoms. The molecule has 0 saturated carbocycles. The van der Waals surface area contributed by atoms with Gasteiger partial charge in [0.15, 0.2) is 5.03 Å². The Bertz CT molecular complexity index is 759. The summed E-state index contributed by atoms with van der Waals surface area (Å²) in [4.78, 5) is 3.91. The average Bonchev–Trinajstić information content (AvgIpc) is 2.98. The molecule has 1 unspecified atom stereocenters. The number of imidazole rings is 1. The predicted octanol–water partition coefficient (Wildman–Crippen LogP) is 2.52. The molecule has 0 aliphatic heterocycles. The van der Waals surface area contributed by atoms with Crippen molar-refractivity contribution in [1.29, 1.82) is 0 Å². The highest BCUT2D eigenvalue weighted by atomic mass is 35.5. The van der Waals surface area contributed by atoms with Crippen molar-refractivity contribution >= 4 is 21.6 Å². The first-order chi connectivity index (χ1) is 10.8. The summed E-state index contributed by atoms with van der Waals surface area (Å²) in [6.45, 7) is 3.98. The molecule has 23 heavy (non-hydrogen) atoms. The lowest BCUT2D eigenvalue weighted by Crippen LogP contribution is -2.26. The molecule has 2 rings (SSSR count). The SMILES string of the molecule is CC(C)n1cnc(S(=O)(=O)NCCC(O)c2cccc(Cl)c2)c1. The third kappa shape index (κ3) is 4.78. The molecule has 0 aliphatic carbocycles. The largest absolute Gasteiger partial charge is 0.388 e. The Morgan fingerprint density at radius 1 is 1.39 bits per heavy atom. The van der Waals surface area contributed by atoms with Gasteiger partial charge in [-0.05, 0) is 38.0 Å². The Labute approximate surface area is 141 Å². The van der Waals surface area contributed by atoms with Crippen LogP contribution in [0.3, 0.4) is 0 Å². The van der Waals surface area contributed by atoms with E-state index in [0.29, 0.717) is 10.6 Å². The zero-order valence-corrected chi connectivity index (χ0v) is 14.5. The van der Waals surface area contributed by atoms with Gasteiger partial charge < -0.3 is 9.67 Å². The highest BCUT2D eigenvalue weighted by Gasteiger charge is 2.18. The van der Waals surface area contributed by atoms with E-state index in [4.69, 9.17) is 11.6 Å². The molecule has 0 spiro atoms. The Morgan fingerprint density at radius 2 is 2.13 bits per heavy atom. The van der Waals surface area contributed by atoms with Crippen LogP contribution in [0.1, 0.15) is 38.0 Å². The van der Waals surface area contributed by atoms with E-state index in [0.717, 1.165) is 0 Å². The summed E-state index contributed by atoms with van der Waals surface area (Å²) in [5, 5.41) is 10.6. The van der Waals surface area contributed by atoms with Crippen LogP contribution in [-0.2, 0) is 10.0 Å². The molecular weight excluding hydrogens is 338 g/mol. The van der Waals surface area contributed by atoms with Crippen molar-refractivity contribution in [1.82, 2.24) is 14.3 Å². The predicted molar refractivity (Wildman–Crippen MR) is 88.8 cm³/mol. The topological polar surface area (TPSA) is 84.2 Å². The number of aliphatic hydroxyl groups is 1. The molecule has 1 heterocycles. The second kappa shape index (κ2) is 7.44. The van der Waals surface area contributed by atoms with Crippen LogP contribution in [0.5, 0.6) is 0 Å². The minimum Gasteiger partial charge on any atom is -0.388 e. The molecule has 0 saturated heterocycles. The molecule has 0 radical (unpaired) electrons. The van der Waals surface area contributed by atoms with Crippen molar-refractivity contribution in [2.45, 2.75) is 37.4 Å². The third-order valence-corrected chi connectivity index (χ3v) is 4.97. The van der Waals surface area contributed by atoms with E-state index < -0.39 is 16.1 Å². The van der Waals surface area contributed by atoms with Crippen LogP contribution in [-0.4, -0.2) is 29.6 Å². The van der Waals surface area contributed by atoms with Crippen molar-refractivity contribution < 1.29 is 13.5 Å². The number of nitrogens with zero attached hydrogens (tertiary/aromatic N) is 2. The van der Waals surface area contributed by atoms with Crippen LogP contribution in [0, 0.1) is 0 Å². The molecule has 1 aromatic carbocycles. The molecule has 0 aliphatic rings. The summed E-state index contributed by atoms with van der Waals surface area (Å²) in [5.41, 5.74) is 0.654. The van der Waals surface area contributed by atoms with Crippen molar-refractivity contribution in [3.05, 3.63) is 47.4 Å². The Kier molecular flexibility index (Phi) is 5.80. The van der Waals surface area contributed by atoms with Crippen LogP contribution >= 0.6 is 11.6 Å². The Morgan fingerprint density at radius 3 is 2.74 bits per heavy atom. The molecule has 1 atom stereocenters. The standard InChI is InChI=1S/C15H20ClN3O3S/c1-11(2)19-9-15(17-10-19)23(21,22)18-7-6-14(20)12-4-3-5-13(16)8-12/h3-5,8-11,14,18,20H,6-7H2,1-2H3. The van der Waals surface area contributed by atoms with Crippen LogP contribution in [0.25, 0.3) is 0 Å². The monoisotopic (exact) mass is 357 g/mol. The second-order valence-corrected chi connectivity index (χ2v) is 7.66. The minimum atomic E-state index is -3.68. The van der Waals surface area contributed by atoms with Crippen molar-refractivity contribution in [2.24, 2.45) is 0 Å².